The number of carbonyl (C=O) groups is 1. The van der Waals surface area contributed by atoms with Crippen molar-refractivity contribution in [3.8, 4) is 21.4 Å². The van der Waals surface area contributed by atoms with Crippen molar-refractivity contribution in [1.29, 1.82) is 0 Å². The monoisotopic (exact) mass is 562 g/mol. The molecular formula is C33H42N2O4S. The van der Waals surface area contributed by atoms with Crippen LogP contribution in [0.2, 0.25) is 0 Å². The molecule has 214 valence electrons. The van der Waals surface area contributed by atoms with Gasteiger partial charge in [0.2, 0.25) is 5.91 Å². The highest BCUT2D eigenvalue weighted by molar-refractivity contribution is 7.16. The van der Waals surface area contributed by atoms with E-state index in [0.717, 1.165) is 60.5 Å². The standard InChI is InChI=1S/C33H42N2O4S/c1-21-16-24(25-12-15-30(38-3)22(2)17-25)8-9-27(21)20-35(32(37)23-10-13-29(36)14-11-23)28-7-5-6-26(18-28)31-19-34-33(39-4)40-31/h5-7,12,15,17-19,21,23-24,27,29,36H,8-11,13-14,16,20H2,1-4H3/t21?,23?,24-,27+,29?/m1/s1. The van der Waals surface area contributed by atoms with Crippen molar-refractivity contribution in [2.24, 2.45) is 17.8 Å². The summed E-state index contributed by atoms with van der Waals surface area (Å²) in [6, 6.07) is 14.9. The molecule has 1 heterocycles. The Balaban J connectivity index is 1.36. The van der Waals surface area contributed by atoms with Crippen molar-refractivity contribution in [2.45, 2.75) is 70.8 Å². The molecule has 0 radical (unpaired) electrons. The van der Waals surface area contributed by atoms with Crippen molar-refractivity contribution in [3.63, 3.8) is 0 Å². The second kappa shape index (κ2) is 12.7. The minimum atomic E-state index is -0.279. The van der Waals surface area contributed by atoms with Crippen molar-refractivity contribution >= 4 is 22.9 Å². The molecule has 0 spiro atoms. The van der Waals surface area contributed by atoms with E-state index < -0.39 is 0 Å². The molecule has 2 fully saturated rings. The van der Waals surface area contributed by atoms with Crippen LogP contribution in [0.3, 0.4) is 0 Å². The highest BCUT2D eigenvalue weighted by atomic mass is 32.1. The Bertz CT molecular complexity index is 1300. The molecule has 1 amide bonds. The third-order valence-electron chi connectivity index (χ3n) is 9.07. The molecule has 1 N–H and O–H groups in total. The van der Waals surface area contributed by atoms with Gasteiger partial charge in [-0.25, -0.2) is 4.98 Å². The highest BCUT2D eigenvalue weighted by Crippen LogP contribution is 2.42. The van der Waals surface area contributed by atoms with Gasteiger partial charge in [-0.2, -0.15) is 0 Å². The number of methoxy groups -OCH3 is 2. The third-order valence-corrected chi connectivity index (χ3v) is 10.1. The quantitative estimate of drug-likeness (QED) is 0.313. The lowest BCUT2D eigenvalue weighted by molar-refractivity contribution is -0.124. The lowest BCUT2D eigenvalue weighted by atomic mass is 9.72. The van der Waals surface area contributed by atoms with Crippen LogP contribution < -0.4 is 14.4 Å². The molecule has 40 heavy (non-hydrogen) atoms. The van der Waals surface area contributed by atoms with E-state index in [-0.39, 0.29) is 17.9 Å². The molecule has 6 nitrogen and oxygen atoms in total. The summed E-state index contributed by atoms with van der Waals surface area (Å²) in [4.78, 5) is 21.5. The second-order valence-corrected chi connectivity index (χ2v) is 12.7. The number of aliphatic hydroxyl groups is 1. The van der Waals surface area contributed by atoms with Gasteiger partial charge < -0.3 is 19.5 Å². The van der Waals surface area contributed by atoms with Gasteiger partial charge in [-0.1, -0.05) is 42.5 Å². The van der Waals surface area contributed by atoms with Gasteiger partial charge >= 0.3 is 0 Å². The fourth-order valence-corrected chi connectivity index (χ4v) is 7.33. The van der Waals surface area contributed by atoms with Crippen LogP contribution in [0.15, 0.2) is 48.7 Å². The van der Waals surface area contributed by atoms with Crippen LogP contribution in [0.25, 0.3) is 10.4 Å². The Morgan fingerprint density at radius 2 is 1.85 bits per heavy atom. The van der Waals surface area contributed by atoms with Gasteiger partial charge in [-0.05, 0) is 105 Å². The first-order valence-electron chi connectivity index (χ1n) is 14.6. The van der Waals surface area contributed by atoms with E-state index in [4.69, 9.17) is 9.47 Å². The van der Waals surface area contributed by atoms with Crippen LogP contribution in [0.5, 0.6) is 10.9 Å². The van der Waals surface area contributed by atoms with E-state index in [9.17, 15) is 9.90 Å². The van der Waals surface area contributed by atoms with Gasteiger partial charge in [0.05, 0.1) is 25.2 Å². The number of amides is 1. The zero-order chi connectivity index (χ0) is 28.2. The Labute approximate surface area is 242 Å². The lowest BCUT2D eigenvalue weighted by Gasteiger charge is -2.39. The van der Waals surface area contributed by atoms with E-state index in [1.54, 1.807) is 14.2 Å². The van der Waals surface area contributed by atoms with Gasteiger partial charge in [-0.3, -0.25) is 4.79 Å². The summed E-state index contributed by atoms with van der Waals surface area (Å²) in [5.74, 6) is 2.56. The molecule has 2 aliphatic rings. The van der Waals surface area contributed by atoms with Crippen LogP contribution in [-0.4, -0.2) is 42.9 Å². The maximum atomic E-state index is 14.1. The van der Waals surface area contributed by atoms with E-state index in [1.807, 2.05) is 12.3 Å². The second-order valence-electron chi connectivity index (χ2n) is 11.7. The zero-order valence-corrected chi connectivity index (χ0v) is 25.0. The largest absolute Gasteiger partial charge is 0.496 e. The molecule has 2 aromatic carbocycles. The van der Waals surface area contributed by atoms with Crippen LogP contribution in [-0.2, 0) is 4.79 Å². The van der Waals surface area contributed by atoms with Crippen molar-refractivity contribution in [3.05, 3.63) is 59.8 Å². The average Bonchev–Trinajstić information content (AvgIpc) is 3.46. The SMILES string of the molecule is COc1ncc(-c2cccc(N(C[C@@H]3CC[C@@H](c4ccc(OC)c(C)c4)CC3C)C(=O)C3CCC(O)CC3)c2)s1. The lowest BCUT2D eigenvalue weighted by Crippen LogP contribution is -2.43. The van der Waals surface area contributed by atoms with Crippen LogP contribution in [0, 0.1) is 24.7 Å². The fraction of sp³-hybridized carbons (Fsp3) is 0.515. The predicted molar refractivity (Wildman–Crippen MR) is 161 cm³/mol. The summed E-state index contributed by atoms with van der Waals surface area (Å²) in [5.41, 5.74) is 4.57. The first-order valence-corrected chi connectivity index (χ1v) is 15.4. The molecule has 3 aromatic rings. The summed E-state index contributed by atoms with van der Waals surface area (Å²) < 4.78 is 10.8. The van der Waals surface area contributed by atoms with E-state index >= 15 is 0 Å². The number of aromatic nitrogens is 1. The normalized spacial score (nSPS) is 24.9. The number of thiazole rings is 1. The summed E-state index contributed by atoms with van der Waals surface area (Å²) in [6.07, 6.45) is 7.80. The smallest absolute Gasteiger partial charge is 0.273 e. The Kier molecular flexibility index (Phi) is 9.11. The van der Waals surface area contributed by atoms with Crippen LogP contribution >= 0.6 is 11.3 Å². The molecular weight excluding hydrogens is 520 g/mol. The maximum Gasteiger partial charge on any atom is 0.273 e. The van der Waals surface area contributed by atoms with Gasteiger partial charge in [0.25, 0.3) is 5.19 Å². The van der Waals surface area contributed by atoms with Gasteiger partial charge in [0.15, 0.2) is 0 Å². The number of aryl methyl sites for hydroxylation is 1. The van der Waals surface area contributed by atoms with Gasteiger partial charge in [-0.15, -0.1) is 0 Å². The molecule has 3 atom stereocenters. The molecule has 1 aromatic heterocycles. The molecule has 0 saturated heterocycles. The molecule has 0 aliphatic heterocycles. The van der Waals surface area contributed by atoms with Crippen LogP contribution in [0.1, 0.15) is 68.9 Å². The van der Waals surface area contributed by atoms with Crippen molar-refractivity contribution < 1.29 is 19.4 Å². The molecule has 2 aliphatic carbocycles. The Morgan fingerprint density at radius 3 is 2.52 bits per heavy atom. The number of aliphatic hydroxyl groups excluding tert-OH is 1. The van der Waals surface area contributed by atoms with E-state index in [2.05, 4.69) is 60.1 Å². The van der Waals surface area contributed by atoms with Crippen molar-refractivity contribution in [2.75, 3.05) is 25.7 Å². The summed E-state index contributed by atoms with van der Waals surface area (Å²) in [7, 11) is 3.36. The van der Waals surface area contributed by atoms with Crippen molar-refractivity contribution in [1.82, 2.24) is 4.98 Å². The number of ether oxygens (including phenoxy) is 2. The minimum Gasteiger partial charge on any atom is -0.496 e. The number of rotatable bonds is 8. The summed E-state index contributed by atoms with van der Waals surface area (Å²) in [5, 5.41) is 10.7. The maximum absolute atomic E-state index is 14.1. The van der Waals surface area contributed by atoms with Gasteiger partial charge in [0, 0.05) is 24.3 Å². The first kappa shape index (κ1) is 28.6. The van der Waals surface area contributed by atoms with E-state index in [0.29, 0.717) is 35.8 Å². The third kappa shape index (κ3) is 6.36. The number of hydrogen-bond donors (Lipinski definition) is 1. The molecule has 7 heteroatoms. The number of hydrogen-bond acceptors (Lipinski definition) is 6. The van der Waals surface area contributed by atoms with Crippen LogP contribution in [0.4, 0.5) is 5.69 Å². The first-order chi connectivity index (χ1) is 19.4. The average molecular weight is 563 g/mol. The van der Waals surface area contributed by atoms with E-state index in [1.165, 1.54) is 22.5 Å². The summed E-state index contributed by atoms with van der Waals surface area (Å²) >= 11 is 1.51. The number of carbonyl (C=O) groups excluding carboxylic acids is 1. The molecule has 1 unspecified atom stereocenters. The Hall–Kier alpha value is -2.90. The molecule has 5 rings (SSSR count). The number of nitrogens with zero attached hydrogens (tertiary/aromatic N) is 2. The number of anilines is 1. The Morgan fingerprint density at radius 1 is 1.05 bits per heavy atom. The number of benzene rings is 2. The predicted octanol–water partition coefficient (Wildman–Crippen LogP) is 7.24. The highest BCUT2D eigenvalue weighted by Gasteiger charge is 2.35. The fourth-order valence-electron chi connectivity index (χ4n) is 6.60. The minimum absolute atomic E-state index is 0.0375. The van der Waals surface area contributed by atoms with Gasteiger partial charge in [0.1, 0.15) is 5.75 Å². The topological polar surface area (TPSA) is 71.9 Å². The molecule has 2 saturated carbocycles. The molecule has 0 bridgehead atoms. The summed E-state index contributed by atoms with van der Waals surface area (Å²) in [6.45, 7) is 5.19. The zero-order valence-electron chi connectivity index (χ0n) is 24.1.